The minimum atomic E-state index is 0.0868. The van der Waals surface area contributed by atoms with Gasteiger partial charge < -0.3 is 5.32 Å². The molecule has 0 aromatic rings. The molecule has 2 N–H and O–H groups in total. The number of halogens is 1. The van der Waals surface area contributed by atoms with Crippen LogP contribution < -0.4 is 10.7 Å². The molecule has 0 spiro atoms. The van der Waals surface area contributed by atoms with Gasteiger partial charge in [-0.15, -0.1) is 0 Å². The van der Waals surface area contributed by atoms with E-state index in [1.165, 1.54) is 0 Å². The van der Waals surface area contributed by atoms with Crippen molar-refractivity contribution in [3.8, 4) is 0 Å². The highest BCUT2D eigenvalue weighted by Gasteiger charge is 2.29. The normalized spacial score (nSPS) is 30.5. The predicted octanol–water partition coefficient (Wildman–Crippen LogP) is -0.156. The number of likely N-dealkylation sites (N-methyl/N-ethyl adjacent to an activating group) is 1. The lowest BCUT2D eigenvalue weighted by molar-refractivity contribution is 0.252. The molecule has 2 aliphatic rings. The van der Waals surface area contributed by atoms with Crippen LogP contribution >= 0.6 is 11.6 Å². The van der Waals surface area contributed by atoms with Crippen LogP contribution in [0.15, 0.2) is 15.7 Å². The first-order valence-electron chi connectivity index (χ1n) is 3.42. The Balaban J connectivity index is 2.31. The van der Waals surface area contributed by atoms with Crippen molar-refractivity contribution in [1.29, 1.82) is 0 Å². The average Bonchev–Trinajstić information content (AvgIpc) is 2.35. The molecule has 1 atom stereocenters. The first-order chi connectivity index (χ1) is 5.29. The maximum absolute atomic E-state index is 5.89. The van der Waals surface area contributed by atoms with Crippen molar-refractivity contribution in [1.82, 2.24) is 15.8 Å². The van der Waals surface area contributed by atoms with E-state index in [0.717, 1.165) is 12.1 Å². The van der Waals surface area contributed by atoms with Crippen LogP contribution in [-0.2, 0) is 0 Å². The summed E-state index contributed by atoms with van der Waals surface area (Å²) in [5.74, 6) is 0. The number of fused-ring (bicyclic) bond motifs is 1. The second kappa shape index (κ2) is 2.48. The summed E-state index contributed by atoms with van der Waals surface area (Å²) in [5, 5.41) is 5.50. The standard InChI is InChI=1S/C6H9ClN4/c1-11-6-4(2-10-11)5(7)8-3-9-6/h3,6,10H,2H2,1H3,(H,8,9). The van der Waals surface area contributed by atoms with E-state index in [1.54, 1.807) is 6.34 Å². The van der Waals surface area contributed by atoms with E-state index in [2.05, 4.69) is 15.7 Å². The third-order valence-electron chi connectivity index (χ3n) is 1.89. The Labute approximate surface area is 69.9 Å². The molecule has 1 saturated heterocycles. The lowest BCUT2D eigenvalue weighted by atomic mass is 10.2. The third-order valence-corrected chi connectivity index (χ3v) is 2.24. The molecule has 1 unspecified atom stereocenters. The molecule has 5 heteroatoms. The molecule has 2 rings (SSSR count). The second-order valence-corrected chi connectivity index (χ2v) is 2.96. The van der Waals surface area contributed by atoms with Gasteiger partial charge in [-0.25, -0.2) is 10.4 Å². The number of hydrogen-bond acceptors (Lipinski definition) is 4. The molecule has 11 heavy (non-hydrogen) atoms. The van der Waals surface area contributed by atoms with Crippen LogP contribution in [0.3, 0.4) is 0 Å². The first kappa shape index (κ1) is 7.09. The van der Waals surface area contributed by atoms with Gasteiger partial charge in [-0.05, 0) is 0 Å². The van der Waals surface area contributed by atoms with Crippen LogP contribution in [0.1, 0.15) is 0 Å². The molecule has 0 bridgehead atoms. The molecule has 2 aliphatic heterocycles. The molecule has 4 nitrogen and oxygen atoms in total. The van der Waals surface area contributed by atoms with E-state index >= 15 is 0 Å². The minimum absolute atomic E-state index is 0.0868. The van der Waals surface area contributed by atoms with Crippen LogP contribution in [0.25, 0.3) is 0 Å². The van der Waals surface area contributed by atoms with Gasteiger partial charge in [0.1, 0.15) is 11.3 Å². The molecule has 0 saturated carbocycles. The van der Waals surface area contributed by atoms with Gasteiger partial charge in [0.15, 0.2) is 0 Å². The van der Waals surface area contributed by atoms with Crippen molar-refractivity contribution in [2.45, 2.75) is 6.17 Å². The van der Waals surface area contributed by atoms with Crippen LogP contribution in [0.4, 0.5) is 0 Å². The fraction of sp³-hybridized carbons (Fsp3) is 0.500. The quantitative estimate of drug-likeness (QED) is 0.499. The highest BCUT2D eigenvalue weighted by Crippen LogP contribution is 2.21. The van der Waals surface area contributed by atoms with Crippen molar-refractivity contribution < 1.29 is 0 Å². The minimum Gasteiger partial charge on any atom is -0.337 e. The van der Waals surface area contributed by atoms with Gasteiger partial charge in [-0.1, -0.05) is 11.6 Å². The first-order valence-corrected chi connectivity index (χ1v) is 3.80. The SMILES string of the molecule is CN1NCC2=C(Cl)NC=NC21. The summed E-state index contributed by atoms with van der Waals surface area (Å²) in [7, 11) is 1.95. The van der Waals surface area contributed by atoms with Crippen molar-refractivity contribution in [2.24, 2.45) is 4.99 Å². The van der Waals surface area contributed by atoms with E-state index in [-0.39, 0.29) is 6.17 Å². The number of hydrogen-bond donors (Lipinski definition) is 2. The predicted molar refractivity (Wildman–Crippen MR) is 44.1 cm³/mol. The Morgan fingerprint density at radius 2 is 2.64 bits per heavy atom. The lowest BCUT2D eigenvalue weighted by Crippen LogP contribution is -2.34. The Morgan fingerprint density at radius 3 is 3.36 bits per heavy atom. The van der Waals surface area contributed by atoms with Gasteiger partial charge in [-0.3, -0.25) is 4.99 Å². The van der Waals surface area contributed by atoms with Crippen molar-refractivity contribution in [3.63, 3.8) is 0 Å². The Kier molecular flexibility index (Phi) is 1.60. The smallest absolute Gasteiger partial charge is 0.142 e. The maximum atomic E-state index is 5.89. The topological polar surface area (TPSA) is 39.7 Å². The summed E-state index contributed by atoms with van der Waals surface area (Å²) in [5.41, 5.74) is 4.24. The molecule has 0 aliphatic carbocycles. The summed E-state index contributed by atoms with van der Waals surface area (Å²) in [4.78, 5) is 4.21. The molecule has 0 aromatic carbocycles. The van der Waals surface area contributed by atoms with E-state index < -0.39 is 0 Å². The lowest BCUT2D eigenvalue weighted by Gasteiger charge is -2.18. The van der Waals surface area contributed by atoms with Gasteiger partial charge in [0, 0.05) is 19.2 Å². The summed E-state index contributed by atoms with van der Waals surface area (Å²) >= 11 is 5.89. The Hall–Kier alpha value is -0.580. The zero-order valence-corrected chi connectivity index (χ0v) is 6.89. The van der Waals surface area contributed by atoms with Gasteiger partial charge in [-0.2, -0.15) is 0 Å². The summed E-state index contributed by atoms with van der Waals surface area (Å²) in [6.07, 6.45) is 1.71. The fourth-order valence-corrected chi connectivity index (χ4v) is 1.47. The summed E-state index contributed by atoms with van der Waals surface area (Å²) < 4.78 is 0. The van der Waals surface area contributed by atoms with Crippen molar-refractivity contribution in [2.75, 3.05) is 13.6 Å². The van der Waals surface area contributed by atoms with Gasteiger partial charge in [0.25, 0.3) is 0 Å². The number of aliphatic imine (C=N–C) groups is 1. The van der Waals surface area contributed by atoms with Crippen LogP contribution in [-0.4, -0.2) is 31.1 Å². The van der Waals surface area contributed by atoms with E-state index in [1.807, 2.05) is 12.1 Å². The number of nitrogens with one attached hydrogen (secondary N) is 2. The molecule has 0 aromatic heterocycles. The number of rotatable bonds is 0. The number of nitrogens with zero attached hydrogens (tertiary/aromatic N) is 2. The monoisotopic (exact) mass is 172 g/mol. The molecule has 60 valence electrons. The Bertz CT molecular complexity index is 235. The summed E-state index contributed by atoms with van der Waals surface area (Å²) in [6, 6.07) is 0. The second-order valence-electron chi connectivity index (χ2n) is 2.58. The van der Waals surface area contributed by atoms with Crippen molar-refractivity contribution >= 4 is 17.9 Å². The van der Waals surface area contributed by atoms with Gasteiger partial charge >= 0.3 is 0 Å². The van der Waals surface area contributed by atoms with E-state index in [4.69, 9.17) is 11.6 Å². The summed E-state index contributed by atoms with van der Waals surface area (Å²) in [6.45, 7) is 0.782. The van der Waals surface area contributed by atoms with Crippen molar-refractivity contribution in [3.05, 3.63) is 10.7 Å². The zero-order chi connectivity index (χ0) is 7.84. The zero-order valence-electron chi connectivity index (χ0n) is 6.13. The molecule has 0 amide bonds. The van der Waals surface area contributed by atoms with Crippen LogP contribution in [0.2, 0.25) is 0 Å². The average molecular weight is 173 g/mol. The molecule has 1 fully saturated rings. The number of hydrazine groups is 1. The Morgan fingerprint density at radius 1 is 1.82 bits per heavy atom. The molecule has 0 radical (unpaired) electrons. The molecular formula is C6H9ClN4. The fourth-order valence-electron chi connectivity index (χ4n) is 1.26. The highest BCUT2D eigenvalue weighted by atomic mass is 35.5. The van der Waals surface area contributed by atoms with E-state index in [0.29, 0.717) is 5.16 Å². The molecular weight excluding hydrogens is 164 g/mol. The van der Waals surface area contributed by atoms with Gasteiger partial charge in [0.2, 0.25) is 0 Å². The maximum Gasteiger partial charge on any atom is 0.142 e. The molecule has 2 heterocycles. The largest absolute Gasteiger partial charge is 0.337 e. The van der Waals surface area contributed by atoms with Crippen LogP contribution in [0.5, 0.6) is 0 Å². The third kappa shape index (κ3) is 1.03. The van der Waals surface area contributed by atoms with Crippen LogP contribution in [0, 0.1) is 0 Å². The van der Waals surface area contributed by atoms with Gasteiger partial charge in [0.05, 0.1) is 6.34 Å². The van der Waals surface area contributed by atoms with E-state index in [9.17, 15) is 0 Å². The highest BCUT2D eigenvalue weighted by molar-refractivity contribution is 6.30.